The summed E-state index contributed by atoms with van der Waals surface area (Å²) in [4.78, 5) is 1.05. The molecule has 8 heavy (non-hydrogen) atoms. The maximum atomic E-state index is 4.95. The molecule has 0 aliphatic carbocycles. The van der Waals surface area contributed by atoms with Crippen molar-refractivity contribution in [3.8, 4) is 0 Å². The Balaban J connectivity index is 2.32. The van der Waals surface area contributed by atoms with Gasteiger partial charge >= 0.3 is 0 Å². The lowest BCUT2D eigenvalue weighted by Gasteiger charge is -2.03. The molecule has 1 N–H and O–H groups in total. The summed E-state index contributed by atoms with van der Waals surface area (Å²) in [6.45, 7) is 2.19. The van der Waals surface area contributed by atoms with Crippen LogP contribution in [0.3, 0.4) is 0 Å². The molecular weight excluding hydrogens is 118 g/mol. The molecule has 1 rings (SSSR count). The Morgan fingerprint density at radius 1 is 1.88 bits per heavy atom. The van der Waals surface area contributed by atoms with Gasteiger partial charge in [0.25, 0.3) is 0 Å². The lowest BCUT2D eigenvalue weighted by molar-refractivity contribution is 0.609. The third-order valence-electron chi connectivity index (χ3n) is 1.58. The zero-order valence-corrected chi connectivity index (χ0v) is 5.92. The monoisotopic (exact) mass is 129 g/mol. The highest BCUT2D eigenvalue weighted by Gasteiger charge is 2.14. The zero-order chi connectivity index (χ0) is 5.98. The normalized spacial score (nSPS) is 28.1. The summed E-state index contributed by atoms with van der Waals surface area (Å²) < 4.78 is 0. The predicted octanol–water partition coefficient (Wildman–Crippen LogP) is 1.48. The number of nitrogens with one attached hydrogen (secondary N) is 1. The van der Waals surface area contributed by atoms with E-state index < -0.39 is 0 Å². The van der Waals surface area contributed by atoms with Gasteiger partial charge in [0, 0.05) is 6.04 Å². The molecule has 1 saturated heterocycles. The molecule has 2 heteroatoms. The Morgan fingerprint density at radius 3 is 2.88 bits per heavy atom. The summed E-state index contributed by atoms with van der Waals surface area (Å²) in [6, 6.07) is 0.683. The fraction of sp³-hybridized carbons (Fsp3) is 0.833. The fourth-order valence-electron chi connectivity index (χ4n) is 0.984. The van der Waals surface area contributed by atoms with E-state index in [0.717, 1.165) is 11.4 Å². The van der Waals surface area contributed by atoms with Gasteiger partial charge in [0.1, 0.15) is 0 Å². The molecule has 0 bridgehead atoms. The van der Waals surface area contributed by atoms with Crippen LogP contribution in [0.15, 0.2) is 0 Å². The van der Waals surface area contributed by atoms with Gasteiger partial charge in [-0.1, -0.05) is 19.1 Å². The number of hydrogen-bond acceptors (Lipinski definition) is 1. The quantitative estimate of drug-likeness (QED) is 0.538. The van der Waals surface area contributed by atoms with E-state index in [0.29, 0.717) is 6.04 Å². The number of rotatable bonds is 1. The standard InChI is InChI=1S/C6H11NS/c1-2-5-3-4-6(8)7-5/h5H,2-4H2,1H3,(H,7,8)/t5-/m1/s1. The summed E-state index contributed by atoms with van der Waals surface area (Å²) in [5, 5.41) is 3.23. The molecule has 1 heterocycles. The first-order valence-corrected chi connectivity index (χ1v) is 3.53. The van der Waals surface area contributed by atoms with Crippen molar-refractivity contribution in [2.45, 2.75) is 32.2 Å². The Morgan fingerprint density at radius 2 is 2.62 bits per heavy atom. The zero-order valence-electron chi connectivity index (χ0n) is 5.11. The van der Waals surface area contributed by atoms with Crippen LogP contribution in [0, 0.1) is 0 Å². The minimum Gasteiger partial charge on any atom is -0.377 e. The second kappa shape index (κ2) is 2.44. The molecule has 46 valence electrons. The molecule has 0 saturated carbocycles. The average molecular weight is 129 g/mol. The maximum absolute atomic E-state index is 4.95. The van der Waals surface area contributed by atoms with Crippen LogP contribution >= 0.6 is 12.2 Å². The van der Waals surface area contributed by atoms with E-state index in [9.17, 15) is 0 Å². The lowest BCUT2D eigenvalue weighted by atomic mass is 10.2. The van der Waals surface area contributed by atoms with Crippen molar-refractivity contribution < 1.29 is 0 Å². The molecule has 1 atom stereocenters. The highest BCUT2D eigenvalue weighted by molar-refractivity contribution is 7.80. The highest BCUT2D eigenvalue weighted by Crippen LogP contribution is 2.09. The molecule has 0 unspecified atom stereocenters. The van der Waals surface area contributed by atoms with Crippen LogP contribution < -0.4 is 5.32 Å². The van der Waals surface area contributed by atoms with E-state index in [-0.39, 0.29) is 0 Å². The van der Waals surface area contributed by atoms with Crippen LogP contribution in [0.1, 0.15) is 26.2 Å². The van der Waals surface area contributed by atoms with Crippen LogP contribution in [-0.2, 0) is 0 Å². The van der Waals surface area contributed by atoms with E-state index in [2.05, 4.69) is 12.2 Å². The second-order valence-corrected chi connectivity index (χ2v) is 2.70. The van der Waals surface area contributed by atoms with Crippen molar-refractivity contribution in [3.05, 3.63) is 0 Å². The largest absolute Gasteiger partial charge is 0.377 e. The Kier molecular flexibility index (Phi) is 1.84. The molecule has 1 aliphatic rings. The van der Waals surface area contributed by atoms with E-state index in [1.54, 1.807) is 0 Å². The lowest BCUT2D eigenvalue weighted by Crippen LogP contribution is -2.22. The van der Waals surface area contributed by atoms with Crippen LogP contribution in [-0.4, -0.2) is 11.0 Å². The molecule has 0 aromatic carbocycles. The van der Waals surface area contributed by atoms with E-state index in [1.165, 1.54) is 12.8 Å². The molecule has 0 amide bonds. The van der Waals surface area contributed by atoms with Gasteiger partial charge < -0.3 is 5.32 Å². The summed E-state index contributed by atoms with van der Waals surface area (Å²) in [6.07, 6.45) is 3.56. The molecule has 0 spiro atoms. The summed E-state index contributed by atoms with van der Waals surface area (Å²) in [5.74, 6) is 0. The van der Waals surface area contributed by atoms with Gasteiger partial charge in [-0.2, -0.15) is 0 Å². The second-order valence-electron chi connectivity index (χ2n) is 2.21. The van der Waals surface area contributed by atoms with Gasteiger partial charge in [0.05, 0.1) is 4.99 Å². The van der Waals surface area contributed by atoms with E-state index in [4.69, 9.17) is 12.2 Å². The third kappa shape index (κ3) is 1.19. The number of thiocarbonyl (C=S) groups is 1. The average Bonchev–Trinajstić information content (AvgIpc) is 2.14. The molecule has 0 radical (unpaired) electrons. The molecular formula is C6H11NS. The molecule has 0 aromatic heterocycles. The SMILES string of the molecule is CC[C@@H]1CCC(=S)N1. The van der Waals surface area contributed by atoms with Gasteiger partial charge in [-0.05, 0) is 19.3 Å². The van der Waals surface area contributed by atoms with Crippen molar-refractivity contribution in [3.63, 3.8) is 0 Å². The van der Waals surface area contributed by atoms with E-state index in [1.807, 2.05) is 0 Å². The van der Waals surface area contributed by atoms with Gasteiger partial charge in [0.2, 0.25) is 0 Å². The van der Waals surface area contributed by atoms with Gasteiger partial charge in [-0.25, -0.2) is 0 Å². The molecule has 1 nitrogen and oxygen atoms in total. The topological polar surface area (TPSA) is 12.0 Å². The van der Waals surface area contributed by atoms with Crippen LogP contribution in [0.2, 0.25) is 0 Å². The van der Waals surface area contributed by atoms with Crippen molar-refractivity contribution >= 4 is 17.2 Å². The Hall–Kier alpha value is -0.110. The fourth-order valence-corrected chi connectivity index (χ4v) is 1.27. The highest BCUT2D eigenvalue weighted by atomic mass is 32.1. The molecule has 0 aromatic rings. The van der Waals surface area contributed by atoms with Crippen LogP contribution in [0.5, 0.6) is 0 Å². The third-order valence-corrected chi connectivity index (χ3v) is 1.90. The maximum Gasteiger partial charge on any atom is 0.0756 e. The number of hydrogen-bond donors (Lipinski definition) is 1. The Labute approximate surface area is 55.5 Å². The first kappa shape index (κ1) is 6.02. The van der Waals surface area contributed by atoms with Crippen molar-refractivity contribution in [1.29, 1.82) is 0 Å². The van der Waals surface area contributed by atoms with Crippen LogP contribution in [0.25, 0.3) is 0 Å². The van der Waals surface area contributed by atoms with Gasteiger partial charge in [-0.15, -0.1) is 0 Å². The minimum absolute atomic E-state index is 0.683. The Bertz CT molecular complexity index is 101. The smallest absolute Gasteiger partial charge is 0.0756 e. The van der Waals surface area contributed by atoms with Gasteiger partial charge in [0.15, 0.2) is 0 Å². The van der Waals surface area contributed by atoms with Crippen LogP contribution in [0.4, 0.5) is 0 Å². The van der Waals surface area contributed by atoms with Crippen molar-refractivity contribution in [2.24, 2.45) is 0 Å². The first-order chi connectivity index (χ1) is 3.83. The first-order valence-electron chi connectivity index (χ1n) is 3.12. The molecule has 1 aliphatic heterocycles. The summed E-state index contributed by atoms with van der Waals surface area (Å²) in [5.41, 5.74) is 0. The molecule has 1 fully saturated rings. The predicted molar refractivity (Wildman–Crippen MR) is 39.0 cm³/mol. The van der Waals surface area contributed by atoms with Gasteiger partial charge in [-0.3, -0.25) is 0 Å². The van der Waals surface area contributed by atoms with Crippen molar-refractivity contribution in [2.75, 3.05) is 0 Å². The van der Waals surface area contributed by atoms with Crippen molar-refractivity contribution in [1.82, 2.24) is 5.32 Å². The van der Waals surface area contributed by atoms with E-state index >= 15 is 0 Å². The summed E-state index contributed by atoms with van der Waals surface area (Å²) >= 11 is 4.95. The summed E-state index contributed by atoms with van der Waals surface area (Å²) in [7, 11) is 0. The minimum atomic E-state index is 0.683.